The predicted octanol–water partition coefficient (Wildman–Crippen LogP) is 2.20. The van der Waals surface area contributed by atoms with Crippen molar-refractivity contribution in [3.63, 3.8) is 0 Å². The van der Waals surface area contributed by atoms with Gasteiger partial charge < -0.3 is 16.0 Å². The van der Waals surface area contributed by atoms with Gasteiger partial charge in [0, 0.05) is 30.9 Å². The number of anilines is 1. The zero-order chi connectivity index (χ0) is 18.4. The summed E-state index contributed by atoms with van der Waals surface area (Å²) >= 11 is 0. The maximum atomic E-state index is 12.3. The van der Waals surface area contributed by atoms with Crippen molar-refractivity contribution in [2.24, 2.45) is 11.1 Å². The highest BCUT2D eigenvalue weighted by Gasteiger charge is 2.33. The van der Waals surface area contributed by atoms with Gasteiger partial charge in [0.25, 0.3) is 5.91 Å². The van der Waals surface area contributed by atoms with Gasteiger partial charge in [0.05, 0.1) is 6.54 Å². The van der Waals surface area contributed by atoms with Gasteiger partial charge in [0.1, 0.15) is 0 Å². The second kappa shape index (κ2) is 9.90. The van der Waals surface area contributed by atoms with E-state index in [9.17, 15) is 9.59 Å². The van der Waals surface area contributed by atoms with Crippen molar-refractivity contribution in [2.75, 3.05) is 44.6 Å². The first-order chi connectivity index (χ1) is 11.9. The highest BCUT2D eigenvalue weighted by molar-refractivity contribution is 5.96. The summed E-state index contributed by atoms with van der Waals surface area (Å²) in [6, 6.07) is 7.08. The summed E-state index contributed by atoms with van der Waals surface area (Å²) in [4.78, 5) is 28.4. The van der Waals surface area contributed by atoms with E-state index in [-0.39, 0.29) is 29.6 Å². The molecule has 0 aromatic heterocycles. The Balaban J connectivity index is 0.00000338. The molecular formula is C19H31ClN4O2. The monoisotopic (exact) mass is 382 g/mol. The quantitative estimate of drug-likeness (QED) is 0.757. The average molecular weight is 383 g/mol. The maximum absolute atomic E-state index is 12.3. The van der Waals surface area contributed by atoms with E-state index in [1.165, 1.54) is 0 Å². The van der Waals surface area contributed by atoms with Gasteiger partial charge in [-0.25, -0.2) is 0 Å². The molecule has 0 radical (unpaired) electrons. The second-order valence-corrected chi connectivity index (χ2v) is 7.08. The molecule has 1 atom stereocenters. The molecule has 1 aromatic rings. The first kappa shape index (κ1) is 22.4. The lowest BCUT2D eigenvalue weighted by atomic mass is 9.90. The first-order valence-corrected chi connectivity index (χ1v) is 9.02. The Kier molecular flexibility index (Phi) is 8.53. The molecule has 0 spiro atoms. The number of carbonyl (C=O) groups is 2. The van der Waals surface area contributed by atoms with E-state index < -0.39 is 0 Å². The molecule has 0 saturated carbocycles. The highest BCUT2D eigenvalue weighted by atomic mass is 35.5. The molecule has 1 aliphatic rings. The van der Waals surface area contributed by atoms with E-state index in [0.717, 1.165) is 19.5 Å². The SMILES string of the molecule is CCN(CC)C(=O)c1ccc(NC(=O)CN2CCC(C)(CN)C2)cc1.Cl. The minimum absolute atomic E-state index is 0. The van der Waals surface area contributed by atoms with Gasteiger partial charge in [0.2, 0.25) is 5.91 Å². The standard InChI is InChI=1S/C19H30N4O2.ClH/c1-4-23(5-2)18(25)15-6-8-16(9-7-15)21-17(24)12-22-11-10-19(3,13-20)14-22;/h6-9H,4-5,10-14,20H2,1-3H3,(H,21,24);1H. The molecule has 6 nitrogen and oxygen atoms in total. The fourth-order valence-corrected chi connectivity index (χ4v) is 3.22. The smallest absolute Gasteiger partial charge is 0.253 e. The minimum Gasteiger partial charge on any atom is -0.339 e. The molecule has 1 saturated heterocycles. The number of hydrogen-bond donors (Lipinski definition) is 2. The van der Waals surface area contributed by atoms with E-state index in [1.54, 1.807) is 29.2 Å². The van der Waals surface area contributed by atoms with Gasteiger partial charge in [-0.2, -0.15) is 0 Å². The average Bonchev–Trinajstić information content (AvgIpc) is 2.98. The van der Waals surface area contributed by atoms with E-state index in [0.29, 0.717) is 37.4 Å². The van der Waals surface area contributed by atoms with Gasteiger partial charge in [-0.3, -0.25) is 14.5 Å². The maximum Gasteiger partial charge on any atom is 0.253 e. The van der Waals surface area contributed by atoms with Gasteiger partial charge >= 0.3 is 0 Å². The van der Waals surface area contributed by atoms with Crippen molar-refractivity contribution in [1.29, 1.82) is 0 Å². The fourth-order valence-electron chi connectivity index (χ4n) is 3.22. The minimum atomic E-state index is -0.0379. The van der Waals surface area contributed by atoms with Crippen molar-refractivity contribution in [1.82, 2.24) is 9.80 Å². The number of nitrogens with zero attached hydrogens (tertiary/aromatic N) is 2. The van der Waals surface area contributed by atoms with Gasteiger partial charge in [-0.1, -0.05) is 6.92 Å². The van der Waals surface area contributed by atoms with Crippen LogP contribution in [0.15, 0.2) is 24.3 Å². The highest BCUT2D eigenvalue weighted by Crippen LogP contribution is 2.28. The fraction of sp³-hybridized carbons (Fsp3) is 0.579. The normalized spacial score (nSPS) is 19.7. The number of nitrogens with two attached hydrogens (primary N) is 1. The summed E-state index contributed by atoms with van der Waals surface area (Å²) in [6.45, 7) is 10.2. The van der Waals surface area contributed by atoms with Crippen LogP contribution in [0.25, 0.3) is 0 Å². The molecule has 146 valence electrons. The number of benzene rings is 1. The third kappa shape index (κ3) is 5.69. The summed E-state index contributed by atoms with van der Waals surface area (Å²) < 4.78 is 0. The largest absolute Gasteiger partial charge is 0.339 e. The molecular weight excluding hydrogens is 352 g/mol. The Morgan fingerprint density at radius 1 is 1.23 bits per heavy atom. The number of amides is 2. The lowest BCUT2D eigenvalue weighted by Crippen LogP contribution is -2.35. The van der Waals surface area contributed by atoms with Crippen LogP contribution in [0, 0.1) is 5.41 Å². The van der Waals surface area contributed by atoms with Crippen LogP contribution in [0.2, 0.25) is 0 Å². The van der Waals surface area contributed by atoms with Gasteiger partial charge in [-0.15, -0.1) is 12.4 Å². The Labute approximate surface area is 162 Å². The first-order valence-electron chi connectivity index (χ1n) is 9.02. The van der Waals surface area contributed by atoms with Crippen molar-refractivity contribution < 1.29 is 9.59 Å². The molecule has 26 heavy (non-hydrogen) atoms. The van der Waals surface area contributed by atoms with E-state index in [4.69, 9.17) is 5.73 Å². The topological polar surface area (TPSA) is 78.7 Å². The van der Waals surface area contributed by atoms with Crippen LogP contribution in [0.4, 0.5) is 5.69 Å². The number of halogens is 1. The lowest BCUT2D eigenvalue weighted by molar-refractivity contribution is -0.117. The van der Waals surface area contributed by atoms with E-state index in [1.807, 2.05) is 13.8 Å². The Morgan fingerprint density at radius 2 is 1.85 bits per heavy atom. The molecule has 0 bridgehead atoms. The molecule has 1 fully saturated rings. The number of nitrogens with one attached hydrogen (secondary N) is 1. The van der Waals surface area contributed by atoms with Crippen LogP contribution in [0.1, 0.15) is 37.6 Å². The molecule has 1 unspecified atom stereocenters. The van der Waals surface area contributed by atoms with Crippen LogP contribution in [-0.2, 0) is 4.79 Å². The van der Waals surface area contributed by atoms with Crippen LogP contribution in [-0.4, -0.2) is 60.9 Å². The molecule has 1 heterocycles. The number of likely N-dealkylation sites (tertiary alicyclic amines) is 1. The number of hydrogen-bond acceptors (Lipinski definition) is 4. The van der Waals surface area contributed by atoms with Gasteiger partial charge in [0.15, 0.2) is 0 Å². The van der Waals surface area contributed by atoms with E-state index in [2.05, 4.69) is 17.1 Å². The van der Waals surface area contributed by atoms with Gasteiger partial charge in [-0.05, 0) is 63.0 Å². The molecule has 2 amide bonds. The third-order valence-electron chi connectivity index (χ3n) is 4.96. The van der Waals surface area contributed by atoms with Crippen molar-refractivity contribution in [3.05, 3.63) is 29.8 Å². The Bertz CT molecular complexity index is 604. The van der Waals surface area contributed by atoms with Crippen LogP contribution < -0.4 is 11.1 Å². The predicted molar refractivity (Wildman–Crippen MR) is 108 cm³/mol. The molecule has 0 aliphatic carbocycles. The lowest BCUT2D eigenvalue weighted by Gasteiger charge is -2.22. The summed E-state index contributed by atoms with van der Waals surface area (Å²) in [5, 5.41) is 2.90. The second-order valence-electron chi connectivity index (χ2n) is 7.08. The molecule has 7 heteroatoms. The zero-order valence-electron chi connectivity index (χ0n) is 16.0. The molecule has 1 aliphatic heterocycles. The number of rotatable bonds is 7. The summed E-state index contributed by atoms with van der Waals surface area (Å²) in [5.41, 5.74) is 7.27. The molecule has 1 aromatic carbocycles. The Morgan fingerprint density at radius 3 is 2.35 bits per heavy atom. The van der Waals surface area contributed by atoms with Crippen LogP contribution in [0.3, 0.4) is 0 Å². The number of carbonyl (C=O) groups excluding carboxylic acids is 2. The van der Waals surface area contributed by atoms with Crippen molar-refractivity contribution in [2.45, 2.75) is 27.2 Å². The molecule has 3 N–H and O–H groups in total. The van der Waals surface area contributed by atoms with Crippen LogP contribution >= 0.6 is 12.4 Å². The van der Waals surface area contributed by atoms with E-state index >= 15 is 0 Å². The summed E-state index contributed by atoms with van der Waals surface area (Å²) in [5.74, 6) is -0.0231. The summed E-state index contributed by atoms with van der Waals surface area (Å²) in [6.07, 6.45) is 1.03. The third-order valence-corrected chi connectivity index (χ3v) is 4.96. The zero-order valence-corrected chi connectivity index (χ0v) is 16.8. The van der Waals surface area contributed by atoms with Crippen LogP contribution in [0.5, 0.6) is 0 Å². The summed E-state index contributed by atoms with van der Waals surface area (Å²) in [7, 11) is 0. The van der Waals surface area contributed by atoms with Crippen molar-refractivity contribution in [3.8, 4) is 0 Å². The Hall–Kier alpha value is -1.63. The molecule has 2 rings (SSSR count). The van der Waals surface area contributed by atoms with Crippen molar-refractivity contribution >= 4 is 29.9 Å².